The van der Waals surface area contributed by atoms with Crippen molar-refractivity contribution in [3.63, 3.8) is 0 Å². The Morgan fingerprint density at radius 2 is 1.95 bits per heavy atom. The molecule has 0 aliphatic heterocycles. The number of aliphatic hydroxyl groups is 1. The van der Waals surface area contributed by atoms with Crippen molar-refractivity contribution in [2.24, 2.45) is 10.7 Å². The van der Waals surface area contributed by atoms with Crippen molar-refractivity contribution < 1.29 is 5.11 Å². The van der Waals surface area contributed by atoms with Gasteiger partial charge < -0.3 is 16.2 Å². The second-order valence-electron chi connectivity index (χ2n) is 5.20. The van der Waals surface area contributed by atoms with E-state index in [2.05, 4.69) is 29.4 Å². The van der Waals surface area contributed by atoms with Crippen LogP contribution in [-0.4, -0.2) is 24.2 Å². The fraction of sp³-hybridized carbons (Fsp3) is 0.278. The summed E-state index contributed by atoms with van der Waals surface area (Å²) in [5.74, 6) is 0.325. The molecule has 0 aliphatic rings. The molecule has 4 heteroatoms. The maximum atomic E-state index is 9.52. The molecule has 0 aromatic heterocycles. The number of hydrogen-bond acceptors (Lipinski definition) is 2. The van der Waals surface area contributed by atoms with Gasteiger partial charge in [-0.25, -0.2) is 0 Å². The maximum Gasteiger partial charge on any atom is 0.193 e. The van der Waals surface area contributed by atoms with Crippen molar-refractivity contribution in [2.75, 3.05) is 18.5 Å². The molecule has 4 N–H and O–H groups in total. The number of nitrogens with zero attached hydrogens (tertiary/aromatic N) is 1. The highest BCUT2D eigenvalue weighted by atomic mass is 16.3. The molecule has 0 aliphatic carbocycles. The van der Waals surface area contributed by atoms with Crippen LogP contribution >= 0.6 is 0 Å². The topological polar surface area (TPSA) is 70.6 Å². The molecule has 0 amide bonds. The van der Waals surface area contributed by atoms with Gasteiger partial charge in [-0.1, -0.05) is 49.4 Å². The Kier molecular flexibility index (Phi) is 5.98. The summed E-state index contributed by atoms with van der Waals surface area (Å²) in [6, 6.07) is 17.9. The first-order valence-corrected chi connectivity index (χ1v) is 7.54. The van der Waals surface area contributed by atoms with Gasteiger partial charge in [0.1, 0.15) is 0 Å². The van der Waals surface area contributed by atoms with Crippen LogP contribution < -0.4 is 11.1 Å². The summed E-state index contributed by atoms with van der Waals surface area (Å²) < 4.78 is 0. The monoisotopic (exact) mass is 297 g/mol. The van der Waals surface area contributed by atoms with Gasteiger partial charge in [-0.3, -0.25) is 4.99 Å². The number of aryl methyl sites for hydroxylation is 1. The van der Waals surface area contributed by atoms with Gasteiger partial charge in [0.2, 0.25) is 0 Å². The summed E-state index contributed by atoms with van der Waals surface area (Å²) in [6.45, 7) is 2.61. The third-order valence-corrected chi connectivity index (χ3v) is 3.58. The first kappa shape index (κ1) is 16.0. The third kappa shape index (κ3) is 4.60. The summed E-state index contributed by atoms with van der Waals surface area (Å²) in [5, 5.41) is 12.6. The van der Waals surface area contributed by atoms with Crippen LogP contribution in [0.5, 0.6) is 0 Å². The van der Waals surface area contributed by atoms with E-state index in [1.807, 2.05) is 42.5 Å². The van der Waals surface area contributed by atoms with Crippen molar-refractivity contribution in [3.8, 4) is 0 Å². The van der Waals surface area contributed by atoms with Crippen molar-refractivity contribution in [3.05, 3.63) is 65.7 Å². The first-order valence-electron chi connectivity index (χ1n) is 7.54. The van der Waals surface area contributed by atoms with Gasteiger partial charge in [-0.2, -0.15) is 0 Å². The van der Waals surface area contributed by atoms with Crippen LogP contribution in [0.4, 0.5) is 5.69 Å². The SMILES string of the molecule is CCc1cccc(NC(N)=NCC(CO)c2ccccc2)c1. The first-order chi connectivity index (χ1) is 10.7. The molecule has 0 saturated carbocycles. The molecule has 0 bridgehead atoms. The summed E-state index contributed by atoms with van der Waals surface area (Å²) in [5.41, 5.74) is 9.18. The van der Waals surface area contributed by atoms with Gasteiger partial charge in [0.05, 0.1) is 13.2 Å². The minimum Gasteiger partial charge on any atom is -0.396 e. The van der Waals surface area contributed by atoms with Crippen LogP contribution in [0.2, 0.25) is 0 Å². The molecule has 2 aromatic rings. The summed E-state index contributed by atoms with van der Waals surface area (Å²) in [7, 11) is 0. The number of rotatable bonds is 6. The van der Waals surface area contributed by atoms with E-state index in [1.54, 1.807) is 0 Å². The van der Waals surface area contributed by atoms with E-state index in [-0.39, 0.29) is 12.5 Å². The van der Waals surface area contributed by atoms with Crippen LogP contribution in [0.3, 0.4) is 0 Å². The van der Waals surface area contributed by atoms with Crippen LogP contribution in [0.25, 0.3) is 0 Å². The smallest absolute Gasteiger partial charge is 0.193 e. The highest BCUT2D eigenvalue weighted by Crippen LogP contribution is 2.15. The van der Waals surface area contributed by atoms with E-state index < -0.39 is 0 Å². The summed E-state index contributed by atoms with van der Waals surface area (Å²) >= 11 is 0. The molecule has 1 unspecified atom stereocenters. The molecule has 0 heterocycles. The van der Waals surface area contributed by atoms with E-state index in [1.165, 1.54) is 5.56 Å². The number of benzene rings is 2. The lowest BCUT2D eigenvalue weighted by atomic mass is 10.0. The predicted octanol–water partition coefficient (Wildman–Crippen LogP) is 2.75. The third-order valence-electron chi connectivity index (χ3n) is 3.58. The van der Waals surface area contributed by atoms with Gasteiger partial charge in [-0.05, 0) is 29.7 Å². The second kappa shape index (κ2) is 8.20. The Balaban J connectivity index is 1.99. The molecular formula is C18H23N3O. The van der Waals surface area contributed by atoms with Gasteiger partial charge in [0.25, 0.3) is 0 Å². The number of anilines is 1. The summed E-state index contributed by atoms with van der Waals surface area (Å²) in [4.78, 5) is 4.35. The lowest BCUT2D eigenvalue weighted by Crippen LogP contribution is -2.24. The van der Waals surface area contributed by atoms with Crippen molar-refractivity contribution >= 4 is 11.6 Å². The average molecular weight is 297 g/mol. The molecular weight excluding hydrogens is 274 g/mol. The average Bonchev–Trinajstić information content (AvgIpc) is 2.56. The molecule has 0 radical (unpaired) electrons. The molecule has 22 heavy (non-hydrogen) atoms. The van der Waals surface area contributed by atoms with Crippen LogP contribution in [0.15, 0.2) is 59.6 Å². The molecule has 2 aromatic carbocycles. The van der Waals surface area contributed by atoms with Gasteiger partial charge in [0.15, 0.2) is 5.96 Å². The fourth-order valence-electron chi connectivity index (χ4n) is 2.26. The zero-order chi connectivity index (χ0) is 15.8. The molecule has 4 nitrogen and oxygen atoms in total. The standard InChI is InChI=1S/C18H23N3O/c1-2-14-7-6-10-17(11-14)21-18(19)20-12-16(13-22)15-8-4-3-5-9-15/h3-11,16,22H,2,12-13H2,1H3,(H3,19,20,21). The number of aliphatic hydroxyl groups excluding tert-OH is 1. The van der Waals surface area contributed by atoms with Gasteiger partial charge in [0, 0.05) is 11.6 Å². The lowest BCUT2D eigenvalue weighted by molar-refractivity contribution is 0.268. The molecule has 1 atom stereocenters. The van der Waals surface area contributed by atoms with Gasteiger partial charge >= 0.3 is 0 Å². The van der Waals surface area contributed by atoms with E-state index in [9.17, 15) is 5.11 Å². The molecule has 0 fully saturated rings. The van der Waals surface area contributed by atoms with Crippen molar-refractivity contribution in [1.82, 2.24) is 0 Å². The number of nitrogens with one attached hydrogen (secondary N) is 1. The summed E-state index contributed by atoms with van der Waals surface area (Å²) in [6.07, 6.45) is 0.979. The van der Waals surface area contributed by atoms with Crippen molar-refractivity contribution in [1.29, 1.82) is 0 Å². The minimum absolute atomic E-state index is 0.0384. The maximum absolute atomic E-state index is 9.52. The lowest BCUT2D eigenvalue weighted by Gasteiger charge is -2.13. The van der Waals surface area contributed by atoms with Crippen LogP contribution in [0.1, 0.15) is 24.0 Å². The zero-order valence-corrected chi connectivity index (χ0v) is 12.9. The largest absolute Gasteiger partial charge is 0.396 e. The highest BCUT2D eigenvalue weighted by Gasteiger charge is 2.09. The molecule has 116 valence electrons. The Labute approximate surface area is 131 Å². The molecule has 2 rings (SSSR count). The molecule has 0 saturated heterocycles. The Morgan fingerprint density at radius 3 is 2.64 bits per heavy atom. The van der Waals surface area contributed by atoms with E-state index >= 15 is 0 Å². The normalized spacial score (nSPS) is 12.9. The van der Waals surface area contributed by atoms with Crippen molar-refractivity contribution in [2.45, 2.75) is 19.3 Å². The highest BCUT2D eigenvalue weighted by molar-refractivity contribution is 5.92. The number of hydrogen-bond donors (Lipinski definition) is 3. The minimum atomic E-state index is -0.0384. The van der Waals surface area contributed by atoms with Crippen LogP contribution in [-0.2, 0) is 6.42 Å². The molecule has 0 spiro atoms. The van der Waals surface area contributed by atoms with E-state index in [0.717, 1.165) is 17.7 Å². The van der Waals surface area contributed by atoms with E-state index in [0.29, 0.717) is 12.5 Å². The zero-order valence-electron chi connectivity index (χ0n) is 12.9. The number of aliphatic imine (C=N–C) groups is 1. The quantitative estimate of drug-likeness (QED) is 0.567. The Bertz CT molecular complexity index is 611. The number of nitrogens with two attached hydrogens (primary N) is 1. The Hall–Kier alpha value is -2.33. The van der Waals surface area contributed by atoms with Crippen LogP contribution in [0, 0.1) is 0 Å². The second-order valence-corrected chi connectivity index (χ2v) is 5.20. The van der Waals surface area contributed by atoms with Gasteiger partial charge in [-0.15, -0.1) is 0 Å². The number of guanidine groups is 1. The fourth-order valence-corrected chi connectivity index (χ4v) is 2.26. The predicted molar refractivity (Wildman–Crippen MR) is 92.2 cm³/mol. The Morgan fingerprint density at radius 1 is 1.18 bits per heavy atom. The van der Waals surface area contributed by atoms with E-state index in [4.69, 9.17) is 5.73 Å².